The molecule has 0 heterocycles. The first-order chi connectivity index (χ1) is 2.83. The third-order valence-corrected chi connectivity index (χ3v) is 0. The van der Waals surface area contributed by atoms with Crippen LogP contribution >= 0.6 is 0 Å². The van der Waals surface area contributed by atoms with Crippen LogP contribution in [0.4, 0.5) is 0 Å². The minimum absolute atomic E-state index is 0. The van der Waals surface area contributed by atoms with Gasteiger partial charge in [0, 0.05) is 0 Å². The van der Waals surface area contributed by atoms with Gasteiger partial charge in [-0.05, 0) is 0 Å². The molecule has 0 aliphatic rings. The number of hydrogen-bond acceptors (Lipinski definition) is 4. The van der Waals surface area contributed by atoms with Gasteiger partial charge >= 0.3 is 29.4 Å². The summed E-state index contributed by atoms with van der Waals surface area (Å²) in [7, 11) is 0. The van der Waals surface area contributed by atoms with Gasteiger partial charge in [0.15, 0.2) is 0 Å². The first kappa shape index (κ1) is 40.8. The van der Waals surface area contributed by atoms with Crippen LogP contribution in [-0.2, 0) is 36.2 Å². The topological polar surface area (TPSA) is 68.3 Å². The Labute approximate surface area is 64.1 Å². The van der Waals surface area contributed by atoms with Crippen LogP contribution in [0.1, 0.15) is 0 Å². The Bertz CT molecular complexity index is 66.6. The SMILES string of the molecule is O=C=O.O=C=O.[CH3-].[CH3-].[Cu+2]. The summed E-state index contributed by atoms with van der Waals surface area (Å²) in [4.78, 5) is 32.5. The molecule has 0 aliphatic heterocycles. The third kappa shape index (κ3) is 391. The molecule has 0 bridgehead atoms. The zero-order valence-corrected chi connectivity index (χ0v) is 5.88. The van der Waals surface area contributed by atoms with E-state index in [4.69, 9.17) is 19.2 Å². The van der Waals surface area contributed by atoms with Crippen LogP contribution in [-0.4, -0.2) is 12.3 Å². The smallest absolute Gasteiger partial charge is 0.358 e. The first-order valence-corrected chi connectivity index (χ1v) is 0.816. The quantitative estimate of drug-likeness (QED) is 0.381. The molecule has 57 valence electrons. The molecule has 0 rings (SSSR count). The van der Waals surface area contributed by atoms with Crippen LogP contribution in [0.15, 0.2) is 0 Å². The second kappa shape index (κ2) is 175. The molecular formula is C4H6CuO4. The molecule has 0 spiro atoms. The number of hydrogen-bond donors (Lipinski definition) is 0. The summed E-state index contributed by atoms with van der Waals surface area (Å²) >= 11 is 0. The van der Waals surface area contributed by atoms with Crippen molar-refractivity contribution in [2.24, 2.45) is 0 Å². The first-order valence-electron chi connectivity index (χ1n) is 0.816. The maximum absolute atomic E-state index is 8.12. The van der Waals surface area contributed by atoms with E-state index in [1.807, 2.05) is 0 Å². The molecule has 0 fully saturated rings. The summed E-state index contributed by atoms with van der Waals surface area (Å²) < 4.78 is 0. The Morgan fingerprint density at radius 3 is 0.667 bits per heavy atom. The van der Waals surface area contributed by atoms with E-state index in [-0.39, 0.29) is 44.2 Å². The molecule has 0 amide bonds. The molecule has 0 aromatic carbocycles. The Morgan fingerprint density at radius 2 is 0.667 bits per heavy atom. The fourth-order valence-electron chi connectivity index (χ4n) is 0. The molecule has 0 saturated carbocycles. The van der Waals surface area contributed by atoms with Crippen molar-refractivity contribution in [3.8, 4) is 0 Å². The predicted molar refractivity (Wildman–Crippen MR) is 22.8 cm³/mol. The number of carbonyl (C=O) groups excluding carboxylic acids is 4. The Morgan fingerprint density at radius 1 is 0.667 bits per heavy atom. The molecular weight excluding hydrogens is 176 g/mol. The molecule has 0 unspecified atom stereocenters. The van der Waals surface area contributed by atoms with Crippen molar-refractivity contribution in [2.45, 2.75) is 0 Å². The van der Waals surface area contributed by atoms with Gasteiger partial charge in [-0.25, -0.2) is 0 Å². The molecule has 0 aliphatic carbocycles. The third-order valence-electron chi connectivity index (χ3n) is 0. The van der Waals surface area contributed by atoms with E-state index in [1.54, 1.807) is 0 Å². The van der Waals surface area contributed by atoms with Crippen molar-refractivity contribution < 1.29 is 36.2 Å². The second-order valence-electron chi connectivity index (χ2n) is 0.167. The van der Waals surface area contributed by atoms with Gasteiger partial charge in [-0.1, -0.05) is 0 Å². The van der Waals surface area contributed by atoms with Crippen LogP contribution in [0.2, 0.25) is 0 Å². The molecule has 4 nitrogen and oxygen atoms in total. The van der Waals surface area contributed by atoms with Gasteiger partial charge in [-0.15, -0.1) is 0 Å². The average molecular weight is 182 g/mol. The largest absolute Gasteiger partial charge is 2.00 e. The summed E-state index contributed by atoms with van der Waals surface area (Å²) in [5.74, 6) is 0. The van der Waals surface area contributed by atoms with Crippen LogP contribution < -0.4 is 0 Å². The van der Waals surface area contributed by atoms with E-state index in [0.717, 1.165) is 0 Å². The molecule has 9 heavy (non-hydrogen) atoms. The maximum Gasteiger partial charge on any atom is 2.00 e. The van der Waals surface area contributed by atoms with E-state index in [2.05, 4.69) is 0 Å². The fourth-order valence-corrected chi connectivity index (χ4v) is 0. The summed E-state index contributed by atoms with van der Waals surface area (Å²) in [6.07, 6.45) is 0.500. The van der Waals surface area contributed by atoms with Crippen molar-refractivity contribution in [1.82, 2.24) is 0 Å². The summed E-state index contributed by atoms with van der Waals surface area (Å²) in [6.45, 7) is 0. The van der Waals surface area contributed by atoms with Gasteiger partial charge in [0.25, 0.3) is 0 Å². The normalized spacial score (nSPS) is 1.78. The summed E-state index contributed by atoms with van der Waals surface area (Å²) in [5.41, 5.74) is 0. The van der Waals surface area contributed by atoms with Gasteiger partial charge in [0.1, 0.15) is 0 Å². The minimum Gasteiger partial charge on any atom is -0.358 e. The maximum atomic E-state index is 8.12. The van der Waals surface area contributed by atoms with Crippen molar-refractivity contribution in [3.05, 3.63) is 14.9 Å². The Hall–Kier alpha value is -0.721. The minimum atomic E-state index is 0. The zero-order chi connectivity index (χ0) is 5.41. The van der Waals surface area contributed by atoms with Crippen LogP contribution in [0, 0.1) is 14.9 Å². The molecule has 0 atom stereocenters. The molecule has 0 saturated heterocycles. The van der Waals surface area contributed by atoms with E-state index < -0.39 is 0 Å². The standard InChI is InChI=1S/2CO2.2CH3.Cu/c2*2-1-3;;;/h;;2*1H3;/q;;2*-1;+2. The molecule has 5 heteroatoms. The van der Waals surface area contributed by atoms with Crippen LogP contribution in [0.5, 0.6) is 0 Å². The van der Waals surface area contributed by atoms with Gasteiger partial charge < -0.3 is 14.9 Å². The van der Waals surface area contributed by atoms with Crippen LogP contribution in [0.3, 0.4) is 0 Å². The van der Waals surface area contributed by atoms with Gasteiger partial charge in [-0.2, -0.15) is 19.2 Å². The summed E-state index contributed by atoms with van der Waals surface area (Å²) in [5, 5.41) is 0. The molecule has 1 radical (unpaired) electrons. The zero-order valence-electron chi connectivity index (χ0n) is 4.93. The molecule has 0 aromatic rings. The summed E-state index contributed by atoms with van der Waals surface area (Å²) in [6, 6.07) is 0. The fraction of sp³-hybridized carbons (Fsp3) is 0. The van der Waals surface area contributed by atoms with Crippen molar-refractivity contribution >= 4 is 12.3 Å². The van der Waals surface area contributed by atoms with Crippen molar-refractivity contribution in [2.75, 3.05) is 0 Å². The van der Waals surface area contributed by atoms with E-state index in [1.165, 1.54) is 0 Å². The van der Waals surface area contributed by atoms with Crippen molar-refractivity contribution in [1.29, 1.82) is 0 Å². The average Bonchev–Trinajstić information content (AvgIpc) is 1.39. The molecule has 0 aromatic heterocycles. The van der Waals surface area contributed by atoms with Gasteiger partial charge in [-0.3, -0.25) is 0 Å². The second-order valence-corrected chi connectivity index (χ2v) is 0.167. The van der Waals surface area contributed by atoms with Crippen LogP contribution in [0.25, 0.3) is 0 Å². The van der Waals surface area contributed by atoms with E-state index in [0.29, 0.717) is 0 Å². The Balaban J connectivity index is -0.00000000889. The van der Waals surface area contributed by atoms with Crippen molar-refractivity contribution in [3.63, 3.8) is 0 Å². The van der Waals surface area contributed by atoms with E-state index >= 15 is 0 Å². The Kier molecular flexibility index (Phi) is 795. The monoisotopic (exact) mass is 181 g/mol. The van der Waals surface area contributed by atoms with Gasteiger partial charge in [0.2, 0.25) is 0 Å². The van der Waals surface area contributed by atoms with E-state index in [9.17, 15) is 0 Å². The molecule has 0 N–H and O–H groups in total. The van der Waals surface area contributed by atoms with Gasteiger partial charge in [0.05, 0.1) is 0 Å². The number of rotatable bonds is 0. The predicted octanol–water partition coefficient (Wildman–Crippen LogP) is -0.269.